The van der Waals surface area contributed by atoms with Gasteiger partial charge < -0.3 is 18.8 Å². The van der Waals surface area contributed by atoms with Crippen molar-refractivity contribution in [2.45, 2.75) is 19.6 Å². The molecule has 0 N–H and O–H groups in total. The van der Waals surface area contributed by atoms with Crippen molar-refractivity contribution in [1.82, 2.24) is 4.90 Å². The molecule has 0 saturated carbocycles. The fourth-order valence-corrected chi connectivity index (χ4v) is 2.27. The summed E-state index contributed by atoms with van der Waals surface area (Å²) in [5, 5.41) is 0. The first-order valence-corrected chi connectivity index (χ1v) is 7.83. The van der Waals surface area contributed by atoms with Crippen LogP contribution in [0.3, 0.4) is 0 Å². The number of carbonyl (C=O) groups excluding carboxylic acids is 2. The second-order valence-electron chi connectivity index (χ2n) is 5.74. The molecule has 0 fully saturated rings. The molecule has 2 aromatic rings. The SMILES string of the molecule is COC(=O)c1cc(CN(C)C(=O)COc2cccc(C(F)(F)F)c2)oc1C. The molecular formula is C18H18F3NO5. The van der Waals surface area contributed by atoms with E-state index in [0.717, 1.165) is 12.1 Å². The Morgan fingerprint density at radius 2 is 1.93 bits per heavy atom. The third kappa shape index (κ3) is 5.25. The van der Waals surface area contributed by atoms with E-state index in [4.69, 9.17) is 9.15 Å². The van der Waals surface area contributed by atoms with Crippen molar-refractivity contribution >= 4 is 11.9 Å². The van der Waals surface area contributed by atoms with Gasteiger partial charge in [0.25, 0.3) is 5.91 Å². The molecule has 6 nitrogen and oxygen atoms in total. The quantitative estimate of drug-likeness (QED) is 0.713. The summed E-state index contributed by atoms with van der Waals surface area (Å²) in [5.74, 6) is -0.362. The summed E-state index contributed by atoms with van der Waals surface area (Å²) >= 11 is 0. The molecule has 0 aliphatic carbocycles. The molecule has 1 amide bonds. The lowest BCUT2D eigenvalue weighted by Gasteiger charge is -2.16. The highest BCUT2D eigenvalue weighted by Gasteiger charge is 2.30. The molecule has 0 radical (unpaired) electrons. The van der Waals surface area contributed by atoms with Crippen LogP contribution < -0.4 is 4.74 Å². The number of hydrogen-bond acceptors (Lipinski definition) is 5. The first kappa shape index (κ1) is 20.3. The van der Waals surface area contributed by atoms with Crippen molar-refractivity contribution in [2.24, 2.45) is 0 Å². The Hall–Kier alpha value is -2.97. The Bertz CT molecular complexity index is 829. The second-order valence-corrected chi connectivity index (χ2v) is 5.74. The molecule has 1 aromatic heterocycles. The Morgan fingerprint density at radius 1 is 1.22 bits per heavy atom. The van der Waals surface area contributed by atoms with Crippen LogP contribution in [0, 0.1) is 6.92 Å². The van der Waals surface area contributed by atoms with E-state index in [1.54, 1.807) is 6.92 Å². The van der Waals surface area contributed by atoms with Crippen LogP contribution in [-0.4, -0.2) is 37.5 Å². The van der Waals surface area contributed by atoms with E-state index in [-0.39, 0.29) is 17.9 Å². The molecule has 0 atom stereocenters. The second kappa shape index (κ2) is 8.15. The van der Waals surface area contributed by atoms with Gasteiger partial charge in [-0.15, -0.1) is 0 Å². The Kier molecular flexibility index (Phi) is 6.14. The predicted molar refractivity (Wildman–Crippen MR) is 88.2 cm³/mol. The maximum Gasteiger partial charge on any atom is 0.416 e. The minimum Gasteiger partial charge on any atom is -0.484 e. The fraction of sp³-hybridized carbons (Fsp3) is 0.333. The van der Waals surface area contributed by atoms with Crippen molar-refractivity contribution < 1.29 is 36.7 Å². The van der Waals surface area contributed by atoms with Gasteiger partial charge in [-0.3, -0.25) is 4.79 Å². The zero-order valence-corrected chi connectivity index (χ0v) is 14.9. The molecule has 9 heteroatoms. The third-order valence-electron chi connectivity index (χ3n) is 3.72. The highest BCUT2D eigenvalue weighted by atomic mass is 19.4. The smallest absolute Gasteiger partial charge is 0.416 e. The number of esters is 1. The van der Waals surface area contributed by atoms with Crippen molar-refractivity contribution in [2.75, 3.05) is 20.8 Å². The van der Waals surface area contributed by atoms with Crippen LogP contribution in [-0.2, 0) is 22.3 Å². The predicted octanol–water partition coefficient (Wildman–Crippen LogP) is 3.43. The number of hydrogen-bond donors (Lipinski definition) is 0. The summed E-state index contributed by atoms with van der Waals surface area (Å²) in [7, 11) is 2.72. The molecular weight excluding hydrogens is 367 g/mol. The van der Waals surface area contributed by atoms with Crippen LogP contribution in [0.2, 0.25) is 0 Å². The summed E-state index contributed by atoms with van der Waals surface area (Å²) in [6.45, 7) is 1.21. The number of halogens is 3. The van der Waals surface area contributed by atoms with Gasteiger partial charge >= 0.3 is 12.1 Å². The molecule has 0 bridgehead atoms. The van der Waals surface area contributed by atoms with Gasteiger partial charge in [0.1, 0.15) is 22.8 Å². The van der Waals surface area contributed by atoms with Crippen LogP contribution in [0.4, 0.5) is 13.2 Å². The molecule has 0 saturated heterocycles. The standard InChI is InChI=1S/C18H18F3NO5/c1-11-15(17(24)25-3)8-14(27-11)9-22(2)16(23)10-26-13-6-4-5-12(7-13)18(19,20)21/h4-8H,9-10H2,1-3H3. The Labute approximate surface area is 153 Å². The monoisotopic (exact) mass is 385 g/mol. The van der Waals surface area contributed by atoms with Crippen molar-refractivity contribution in [1.29, 1.82) is 0 Å². The summed E-state index contributed by atoms with van der Waals surface area (Å²) in [4.78, 5) is 25.0. The van der Waals surface area contributed by atoms with E-state index < -0.39 is 30.2 Å². The number of carbonyl (C=O) groups is 2. The molecule has 1 heterocycles. The van der Waals surface area contributed by atoms with Gasteiger partial charge in [-0.2, -0.15) is 13.2 Å². The number of likely N-dealkylation sites (N-methyl/N-ethyl adjacent to an activating group) is 1. The van der Waals surface area contributed by atoms with Crippen LogP contribution in [0.15, 0.2) is 34.7 Å². The minimum atomic E-state index is -4.49. The number of benzene rings is 1. The zero-order valence-electron chi connectivity index (χ0n) is 14.9. The van der Waals surface area contributed by atoms with Gasteiger partial charge in [-0.1, -0.05) is 6.07 Å². The topological polar surface area (TPSA) is 69.0 Å². The molecule has 0 aliphatic rings. The van der Waals surface area contributed by atoms with Crippen LogP contribution in [0.25, 0.3) is 0 Å². The summed E-state index contributed by atoms with van der Waals surface area (Å²) in [6, 6.07) is 5.75. The van der Waals surface area contributed by atoms with Crippen molar-refractivity contribution in [3.63, 3.8) is 0 Å². The number of aryl methyl sites for hydroxylation is 1. The highest BCUT2D eigenvalue weighted by Crippen LogP contribution is 2.31. The number of methoxy groups -OCH3 is 1. The van der Waals surface area contributed by atoms with Crippen LogP contribution in [0.5, 0.6) is 5.75 Å². The summed E-state index contributed by atoms with van der Waals surface area (Å²) < 4.78 is 53.2. The van der Waals surface area contributed by atoms with E-state index in [9.17, 15) is 22.8 Å². The lowest BCUT2D eigenvalue weighted by atomic mass is 10.2. The fourth-order valence-electron chi connectivity index (χ4n) is 2.27. The molecule has 1 aromatic carbocycles. The number of alkyl halides is 3. The van der Waals surface area contributed by atoms with Gasteiger partial charge in [0.15, 0.2) is 6.61 Å². The first-order chi connectivity index (χ1) is 12.6. The van der Waals surface area contributed by atoms with Gasteiger partial charge in [-0.25, -0.2) is 4.79 Å². The first-order valence-electron chi connectivity index (χ1n) is 7.83. The minimum absolute atomic E-state index is 0.0582. The van der Waals surface area contributed by atoms with E-state index in [1.165, 1.54) is 37.3 Å². The van der Waals surface area contributed by atoms with Crippen molar-refractivity contribution in [3.8, 4) is 5.75 Å². The normalized spacial score (nSPS) is 11.2. The van der Waals surface area contributed by atoms with E-state index in [2.05, 4.69) is 4.74 Å². The summed E-state index contributed by atoms with van der Waals surface area (Å²) in [5.41, 5.74) is -0.601. The van der Waals surface area contributed by atoms with Gasteiger partial charge in [0.2, 0.25) is 0 Å². The van der Waals surface area contributed by atoms with E-state index >= 15 is 0 Å². The molecule has 0 aliphatic heterocycles. The number of amides is 1. The maximum atomic E-state index is 12.7. The zero-order chi connectivity index (χ0) is 20.2. The lowest BCUT2D eigenvalue weighted by molar-refractivity contribution is -0.137. The Morgan fingerprint density at radius 3 is 2.56 bits per heavy atom. The number of ether oxygens (including phenoxy) is 2. The van der Waals surface area contributed by atoms with Crippen LogP contribution >= 0.6 is 0 Å². The largest absolute Gasteiger partial charge is 0.484 e. The Balaban J connectivity index is 1.96. The average Bonchev–Trinajstić information content (AvgIpc) is 2.98. The lowest BCUT2D eigenvalue weighted by Crippen LogP contribution is -2.30. The highest BCUT2D eigenvalue weighted by molar-refractivity contribution is 5.90. The number of furan rings is 1. The number of rotatable bonds is 6. The van der Waals surface area contributed by atoms with Gasteiger partial charge in [0, 0.05) is 7.05 Å². The molecule has 0 unspecified atom stereocenters. The van der Waals surface area contributed by atoms with E-state index in [0.29, 0.717) is 11.5 Å². The van der Waals surface area contributed by atoms with Gasteiger partial charge in [0.05, 0.1) is 19.2 Å². The molecule has 146 valence electrons. The molecule has 27 heavy (non-hydrogen) atoms. The summed E-state index contributed by atoms with van der Waals surface area (Å²) in [6.07, 6.45) is -4.49. The molecule has 2 rings (SSSR count). The maximum absolute atomic E-state index is 12.7. The third-order valence-corrected chi connectivity index (χ3v) is 3.72. The van der Waals surface area contributed by atoms with Crippen LogP contribution in [0.1, 0.15) is 27.4 Å². The molecule has 0 spiro atoms. The number of nitrogens with zero attached hydrogens (tertiary/aromatic N) is 1. The average molecular weight is 385 g/mol. The van der Waals surface area contributed by atoms with Crippen molar-refractivity contribution in [3.05, 3.63) is 53.0 Å². The van der Waals surface area contributed by atoms with Gasteiger partial charge in [-0.05, 0) is 31.2 Å². The van der Waals surface area contributed by atoms with E-state index in [1.807, 2.05) is 0 Å².